The van der Waals surface area contributed by atoms with Gasteiger partial charge in [-0.05, 0) is 101 Å². The third-order valence-electron chi connectivity index (χ3n) is 7.64. The van der Waals surface area contributed by atoms with E-state index in [1.807, 2.05) is 73.6 Å². The van der Waals surface area contributed by atoms with Crippen LogP contribution < -0.4 is 0 Å². The van der Waals surface area contributed by atoms with Gasteiger partial charge in [0, 0.05) is 13.1 Å². The number of esters is 1. The zero-order valence-electron chi connectivity index (χ0n) is 25.6. The van der Waals surface area contributed by atoms with Crippen LogP contribution in [-0.4, -0.2) is 48.0 Å². The van der Waals surface area contributed by atoms with Crippen LogP contribution in [0.15, 0.2) is 54.0 Å². The fraction of sp³-hybridized carbons (Fsp3) is 0.500. The molecular formula is C34H46N2O4. The Morgan fingerprint density at radius 2 is 1.45 bits per heavy atom. The van der Waals surface area contributed by atoms with Crippen LogP contribution in [0, 0.1) is 5.41 Å². The van der Waals surface area contributed by atoms with Gasteiger partial charge in [0.15, 0.2) is 0 Å². The lowest BCUT2D eigenvalue weighted by molar-refractivity contribution is -0.159. The number of hydrogen-bond acceptors (Lipinski definition) is 5. The minimum Gasteiger partial charge on any atom is -0.459 e. The monoisotopic (exact) mass is 546 g/mol. The number of piperidine rings is 1. The Hall–Kier alpha value is -3.41. The Labute approximate surface area is 240 Å². The molecule has 6 heteroatoms. The van der Waals surface area contributed by atoms with Crippen LogP contribution in [0.4, 0.5) is 10.5 Å². The van der Waals surface area contributed by atoms with Gasteiger partial charge in [-0.15, -0.1) is 0 Å². The quantitative estimate of drug-likeness (QED) is 0.279. The molecule has 1 heterocycles. The molecule has 2 aromatic carbocycles. The number of rotatable bonds is 5. The van der Waals surface area contributed by atoms with Crippen LogP contribution in [0.1, 0.15) is 85.8 Å². The predicted octanol–water partition coefficient (Wildman–Crippen LogP) is 8.36. The summed E-state index contributed by atoms with van der Waals surface area (Å²) < 4.78 is 11.6. The molecule has 1 amide bonds. The van der Waals surface area contributed by atoms with Crippen LogP contribution in [0.5, 0.6) is 0 Å². The van der Waals surface area contributed by atoms with Crippen LogP contribution >= 0.6 is 0 Å². The fourth-order valence-corrected chi connectivity index (χ4v) is 5.67. The van der Waals surface area contributed by atoms with Crippen molar-refractivity contribution in [2.45, 2.75) is 91.3 Å². The van der Waals surface area contributed by atoms with Gasteiger partial charge in [0.05, 0.1) is 11.1 Å². The number of amides is 1. The highest BCUT2D eigenvalue weighted by Crippen LogP contribution is 2.70. The highest BCUT2D eigenvalue weighted by atomic mass is 16.6. The lowest BCUT2D eigenvalue weighted by Gasteiger charge is -2.36. The van der Waals surface area contributed by atoms with E-state index in [4.69, 9.17) is 9.47 Å². The van der Waals surface area contributed by atoms with Crippen LogP contribution in [-0.2, 0) is 19.7 Å². The summed E-state index contributed by atoms with van der Waals surface area (Å²) in [4.78, 5) is 32.3. The molecule has 1 atom stereocenters. The van der Waals surface area contributed by atoms with Gasteiger partial charge in [-0.3, -0.25) is 9.79 Å². The average molecular weight is 547 g/mol. The standard InChI is InChI=1S/C32H40N2O4.C2H6/c1-9-22-10-11-24(20-26(22)33-8)23-12-14-25(15-13-23)32(27(35)37-29(2,3)4)21-31(32)16-18-34(19-17-31)28(36)38-30(5,6)7;1-2/h9-15,20H,1,8,16-19,21H2,2-7H3;1-2H3. The number of aliphatic imine (C=N–C) groups is 1. The Bertz CT molecular complexity index is 1240. The topological polar surface area (TPSA) is 68.2 Å². The zero-order chi connectivity index (χ0) is 29.9. The fourth-order valence-electron chi connectivity index (χ4n) is 5.67. The van der Waals surface area contributed by atoms with Crippen molar-refractivity contribution in [2.24, 2.45) is 10.4 Å². The highest BCUT2D eigenvalue weighted by Gasteiger charge is 2.73. The number of ether oxygens (including phenoxy) is 2. The molecular weight excluding hydrogens is 500 g/mol. The maximum absolute atomic E-state index is 13.8. The summed E-state index contributed by atoms with van der Waals surface area (Å²) in [5.74, 6) is -0.183. The smallest absolute Gasteiger partial charge is 0.410 e. The molecule has 1 aliphatic heterocycles. The summed E-state index contributed by atoms with van der Waals surface area (Å²) in [5.41, 5.74) is 2.64. The number of carbonyl (C=O) groups is 2. The predicted molar refractivity (Wildman–Crippen MR) is 164 cm³/mol. The summed E-state index contributed by atoms with van der Waals surface area (Å²) in [6.45, 7) is 24.0. The first-order chi connectivity index (χ1) is 18.7. The van der Waals surface area contributed by atoms with Crippen LogP contribution in [0.25, 0.3) is 17.2 Å². The first-order valence-corrected chi connectivity index (χ1v) is 14.3. The summed E-state index contributed by atoms with van der Waals surface area (Å²) in [5, 5.41) is 0. The number of likely N-dealkylation sites (tertiary alicyclic amines) is 1. The molecule has 0 aromatic heterocycles. The van der Waals surface area contributed by atoms with Gasteiger partial charge in [0.25, 0.3) is 0 Å². The van der Waals surface area contributed by atoms with Gasteiger partial charge in [0.1, 0.15) is 11.2 Å². The molecule has 2 fully saturated rings. The van der Waals surface area contributed by atoms with E-state index in [-0.39, 0.29) is 17.5 Å². The van der Waals surface area contributed by atoms with E-state index in [9.17, 15) is 9.59 Å². The molecule has 6 nitrogen and oxygen atoms in total. The Balaban J connectivity index is 0.00000216. The van der Waals surface area contributed by atoms with E-state index in [0.717, 1.165) is 47.2 Å². The third-order valence-corrected chi connectivity index (χ3v) is 7.64. The zero-order valence-corrected chi connectivity index (χ0v) is 25.6. The first-order valence-electron chi connectivity index (χ1n) is 14.3. The summed E-state index contributed by atoms with van der Waals surface area (Å²) in [6.07, 6.45) is 3.64. The summed E-state index contributed by atoms with van der Waals surface area (Å²) >= 11 is 0. The van der Waals surface area contributed by atoms with Crippen molar-refractivity contribution >= 4 is 30.5 Å². The van der Waals surface area contributed by atoms with Gasteiger partial charge in [-0.25, -0.2) is 4.79 Å². The lowest BCUT2D eigenvalue weighted by atomic mass is 9.79. The van der Waals surface area contributed by atoms with E-state index in [0.29, 0.717) is 13.1 Å². The molecule has 0 bridgehead atoms. The SMILES string of the molecule is C=Cc1ccc(-c2ccc(C3(C(=O)OC(C)(C)C)CC34CCN(C(=O)OC(C)(C)C)CC4)cc2)cc1N=C.CC. The Morgan fingerprint density at radius 3 is 1.95 bits per heavy atom. The molecule has 1 spiro atoms. The van der Waals surface area contributed by atoms with E-state index in [2.05, 4.69) is 42.6 Å². The average Bonchev–Trinajstić information content (AvgIpc) is 3.56. The second-order valence-electron chi connectivity index (χ2n) is 12.5. The van der Waals surface area contributed by atoms with Gasteiger partial charge < -0.3 is 14.4 Å². The van der Waals surface area contributed by atoms with Gasteiger partial charge in [0.2, 0.25) is 0 Å². The number of carbonyl (C=O) groups excluding carboxylic acids is 2. The molecule has 1 aliphatic carbocycles. The molecule has 40 heavy (non-hydrogen) atoms. The normalized spacial score (nSPS) is 19.6. The molecule has 0 radical (unpaired) electrons. The lowest BCUT2D eigenvalue weighted by Crippen LogP contribution is -2.45. The summed E-state index contributed by atoms with van der Waals surface area (Å²) in [7, 11) is 0. The minimum atomic E-state index is -0.723. The van der Waals surface area contributed by atoms with Crippen molar-refractivity contribution in [3.8, 4) is 11.1 Å². The van der Waals surface area contributed by atoms with E-state index in [1.165, 1.54) is 0 Å². The summed E-state index contributed by atoms with van der Waals surface area (Å²) in [6, 6.07) is 14.2. The molecule has 0 N–H and O–H groups in total. The number of benzene rings is 2. The van der Waals surface area contributed by atoms with Crippen molar-refractivity contribution in [2.75, 3.05) is 13.1 Å². The van der Waals surface area contributed by atoms with Crippen molar-refractivity contribution < 1.29 is 19.1 Å². The van der Waals surface area contributed by atoms with Crippen LogP contribution in [0.2, 0.25) is 0 Å². The van der Waals surface area contributed by atoms with Gasteiger partial charge >= 0.3 is 12.1 Å². The van der Waals surface area contributed by atoms with Crippen molar-refractivity contribution in [1.82, 2.24) is 4.90 Å². The maximum atomic E-state index is 13.8. The third kappa shape index (κ3) is 6.32. The molecule has 1 unspecified atom stereocenters. The van der Waals surface area contributed by atoms with E-state index < -0.39 is 16.6 Å². The first kappa shape index (κ1) is 31.1. The second kappa shape index (κ2) is 11.6. The Morgan fingerprint density at radius 1 is 0.900 bits per heavy atom. The van der Waals surface area contributed by atoms with E-state index in [1.54, 1.807) is 11.0 Å². The van der Waals surface area contributed by atoms with Crippen LogP contribution in [0.3, 0.4) is 0 Å². The second-order valence-corrected chi connectivity index (χ2v) is 12.5. The van der Waals surface area contributed by atoms with Crippen molar-refractivity contribution in [3.63, 3.8) is 0 Å². The molecule has 1 saturated carbocycles. The van der Waals surface area contributed by atoms with Gasteiger partial charge in [-0.1, -0.05) is 62.9 Å². The van der Waals surface area contributed by atoms with Gasteiger partial charge in [-0.2, -0.15) is 0 Å². The number of nitrogens with zero attached hydrogens (tertiary/aromatic N) is 2. The van der Waals surface area contributed by atoms with Crippen molar-refractivity contribution in [1.29, 1.82) is 0 Å². The molecule has 4 rings (SSSR count). The minimum absolute atomic E-state index is 0.183. The number of hydrogen-bond donors (Lipinski definition) is 0. The molecule has 1 saturated heterocycles. The maximum Gasteiger partial charge on any atom is 0.410 e. The largest absolute Gasteiger partial charge is 0.459 e. The molecule has 2 aliphatic rings. The van der Waals surface area contributed by atoms with E-state index >= 15 is 0 Å². The molecule has 216 valence electrons. The molecule has 2 aromatic rings. The Kier molecular flexibility index (Phi) is 9.02. The highest BCUT2D eigenvalue weighted by molar-refractivity contribution is 5.90. The van der Waals surface area contributed by atoms with Crippen molar-refractivity contribution in [3.05, 3.63) is 60.2 Å².